The quantitative estimate of drug-likeness (QED) is 0.273. The van der Waals surface area contributed by atoms with Gasteiger partial charge in [0.25, 0.3) is 0 Å². The highest BCUT2D eigenvalue weighted by Gasteiger charge is 2.43. The Morgan fingerprint density at radius 2 is 2.03 bits per heavy atom. The smallest absolute Gasteiger partial charge is 0.324 e. The molecule has 1 spiro atoms. The molecule has 34 heavy (non-hydrogen) atoms. The molecule has 182 valence electrons. The standard InChI is InChI=1S/C24H31FN6O3/c1-30(27)22(29-26)28-23(32)31-11-9-24(10-12-31)14-19(16-34-24)18-5-7-21(8-6-18)33-15-17-3-2-4-20(25)13-17/h2-8,13,19H,9-12,14-16,26-27H2,1H3,(H,28,29,32). The fourth-order valence-electron chi connectivity index (χ4n) is 4.54. The number of carbonyl (C=O) groups excluding carboxylic acids is 1. The lowest BCUT2D eigenvalue weighted by molar-refractivity contribution is -0.0360. The summed E-state index contributed by atoms with van der Waals surface area (Å²) in [6, 6.07) is 14.1. The van der Waals surface area contributed by atoms with E-state index in [2.05, 4.69) is 22.6 Å². The first kappa shape index (κ1) is 23.8. The van der Waals surface area contributed by atoms with Gasteiger partial charge in [0.05, 0.1) is 12.2 Å². The summed E-state index contributed by atoms with van der Waals surface area (Å²) in [5.41, 5.74) is 1.77. The molecule has 2 aromatic rings. The first-order valence-electron chi connectivity index (χ1n) is 11.3. The maximum absolute atomic E-state index is 13.3. The summed E-state index contributed by atoms with van der Waals surface area (Å²) in [6.07, 6.45) is 2.44. The van der Waals surface area contributed by atoms with E-state index in [1.165, 1.54) is 17.7 Å². The average Bonchev–Trinajstić information content (AvgIpc) is 3.25. The number of likely N-dealkylation sites (tertiary alicyclic amines) is 1. The molecule has 2 saturated heterocycles. The van der Waals surface area contributed by atoms with Gasteiger partial charge in [0.2, 0.25) is 5.96 Å². The van der Waals surface area contributed by atoms with Crippen molar-refractivity contribution in [2.75, 3.05) is 26.7 Å². The third kappa shape index (κ3) is 5.57. The number of urea groups is 1. The number of nitrogens with one attached hydrogen (secondary N) is 1. The number of hydrogen-bond acceptors (Lipinski definition) is 6. The molecule has 2 aromatic carbocycles. The topological polar surface area (TPSA) is 118 Å². The van der Waals surface area contributed by atoms with Crippen molar-refractivity contribution in [1.29, 1.82) is 0 Å². The van der Waals surface area contributed by atoms with Gasteiger partial charge in [-0.2, -0.15) is 0 Å². The molecule has 2 amide bonds. The number of guanidine groups is 1. The lowest BCUT2D eigenvalue weighted by Crippen LogP contribution is -2.54. The van der Waals surface area contributed by atoms with Crippen molar-refractivity contribution in [3.05, 3.63) is 65.5 Å². The third-order valence-corrected chi connectivity index (χ3v) is 6.49. The van der Waals surface area contributed by atoms with Crippen LogP contribution in [0, 0.1) is 5.82 Å². The van der Waals surface area contributed by atoms with Gasteiger partial charge in [-0.1, -0.05) is 24.3 Å². The number of piperidine rings is 1. The number of halogens is 1. The Morgan fingerprint density at radius 3 is 2.68 bits per heavy atom. The number of carbonyl (C=O) groups is 1. The maximum atomic E-state index is 13.3. The molecule has 0 bridgehead atoms. The van der Waals surface area contributed by atoms with E-state index >= 15 is 0 Å². The van der Waals surface area contributed by atoms with Crippen molar-refractivity contribution in [3.8, 4) is 5.75 Å². The van der Waals surface area contributed by atoms with Crippen LogP contribution in [0.15, 0.2) is 53.6 Å². The summed E-state index contributed by atoms with van der Waals surface area (Å²) in [6.45, 7) is 2.13. The second-order valence-corrected chi connectivity index (χ2v) is 8.86. The highest BCUT2D eigenvalue weighted by Crippen LogP contribution is 2.43. The van der Waals surface area contributed by atoms with Gasteiger partial charge in [-0.25, -0.2) is 15.0 Å². The molecule has 2 aliphatic rings. The van der Waals surface area contributed by atoms with Gasteiger partial charge in [0.1, 0.15) is 18.2 Å². The van der Waals surface area contributed by atoms with Crippen LogP contribution in [0.4, 0.5) is 9.18 Å². The Labute approximate surface area is 198 Å². The lowest BCUT2D eigenvalue weighted by Gasteiger charge is -2.38. The number of ether oxygens (including phenoxy) is 2. The normalized spacial score (nSPS) is 19.8. The van der Waals surface area contributed by atoms with Crippen molar-refractivity contribution in [2.45, 2.75) is 37.4 Å². The molecule has 2 heterocycles. The lowest BCUT2D eigenvalue weighted by atomic mass is 9.83. The van der Waals surface area contributed by atoms with E-state index in [4.69, 9.17) is 21.2 Å². The highest BCUT2D eigenvalue weighted by molar-refractivity contribution is 5.95. The fourth-order valence-corrected chi connectivity index (χ4v) is 4.54. The molecule has 1 unspecified atom stereocenters. The van der Waals surface area contributed by atoms with E-state index in [0.29, 0.717) is 32.2 Å². The Kier molecular flexibility index (Phi) is 7.18. The second kappa shape index (κ2) is 10.3. The summed E-state index contributed by atoms with van der Waals surface area (Å²) in [4.78, 5) is 14.2. The van der Waals surface area contributed by atoms with E-state index in [9.17, 15) is 9.18 Å². The molecule has 0 aliphatic carbocycles. The minimum absolute atomic E-state index is 0.103. The minimum Gasteiger partial charge on any atom is -0.489 e. The number of nitrogens with two attached hydrogens (primary N) is 2. The number of hydrogen-bond donors (Lipinski definition) is 3. The molecule has 0 aromatic heterocycles. The van der Waals surface area contributed by atoms with Gasteiger partial charge in [-0.05, 0) is 54.7 Å². The summed E-state index contributed by atoms with van der Waals surface area (Å²) in [5.74, 6) is 11.7. The number of hydrazone groups is 1. The van der Waals surface area contributed by atoms with E-state index in [1.54, 1.807) is 18.0 Å². The minimum atomic E-state index is -0.278. The van der Waals surface area contributed by atoms with Crippen molar-refractivity contribution < 1.29 is 18.7 Å². The van der Waals surface area contributed by atoms with E-state index in [-0.39, 0.29) is 23.4 Å². The van der Waals surface area contributed by atoms with Crippen molar-refractivity contribution >= 4 is 12.0 Å². The highest BCUT2D eigenvalue weighted by atomic mass is 19.1. The maximum Gasteiger partial charge on any atom is 0.324 e. The van der Waals surface area contributed by atoms with Gasteiger partial charge in [0, 0.05) is 26.1 Å². The van der Waals surface area contributed by atoms with Crippen LogP contribution < -0.4 is 21.7 Å². The third-order valence-electron chi connectivity index (χ3n) is 6.49. The molecule has 2 fully saturated rings. The van der Waals surface area contributed by atoms with Crippen LogP contribution in [-0.4, -0.2) is 54.2 Å². The number of hydrazine groups is 1. The van der Waals surface area contributed by atoms with Crippen molar-refractivity contribution in [1.82, 2.24) is 15.2 Å². The number of benzene rings is 2. The fraction of sp³-hybridized carbons (Fsp3) is 0.417. The molecule has 9 nitrogen and oxygen atoms in total. The van der Waals surface area contributed by atoms with Crippen LogP contribution in [0.3, 0.4) is 0 Å². The molecule has 10 heteroatoms. The molecule has 1 atom stereocenters. The molecule has 5 N–H and O–H groups in total. The molecule has 0 saturated carbocycles. The number of rotatable bonds is 4. The average molecular weight is 471 g/mol. The summed E-state index contributed by atoms with van der Waals surface area (Å²) in [5, 5.41) is 7.26. The zero-order valence-corrected chi connectivity index (χ0v) is 19.2. The van der Waals surface area contributed by atoms with Gasteiger partial charge < -0.3 is 20.2 Å². The zero-order valence-electron chi connectivity index (χ0n) is 19.2. The Bertz CT molecular complexity index is 1020. The van der Waals surface area contributed by atoms with Crippen LogP contribution in [0.25, 0.3) is 0 Å². The summed E-state index contributed by atoms with van der Waals surface area (Å²) in [7, 11) is 1.55. The van der Waals surface area contributed by atoms with E-state index in [0.717, 1.165) is 35.6 Å². The molecule has 4 rings (SSSR count). The van der Waals surface area contributed by atoms with Crippen LogP contribution in [-0.2, 0) is 11.3 Å². The van der Waals surface area contributed by atoms with Gasteiger partial charge in [-0.15, -0.1) is 5.10 Å². The molecule has 0 radical (unpaired) electrons. The molecular weight excluding hydrogens is 439 g/mol. The summed E-state index contributed by atoms with van der Waals surface area (Å²) >= 11 is 0. The first-order chi connectivity index (χ1) is 16.4. The first-order valence-corrected chi connectivity index (χ1v) is 11.3. The monoisotopic (exact) mass is 470 g/mol. The SMILES string of the molecule is CN(N)/C(=N\N)NC(=O)N1CCC2(CC1)CC(c1ccc(OCc3cccc(F)c3)cc1)CO2. The van der Waals surface area contributed by atoms with Gasteiger partial charge >= 0.3 is 6.03 Å². The van der Waals surface area contributed by atoms with Crippen LogP contribution >= 0.6 is 0 Å². The summed E-state index contributed by atoms with van der Waals surface area (Å²) < 4.78 is 25.4. The Morgan fingerprint density at radius 1 is 1.29 bits per heavy atom. The van der Waals surface area contributed by atoms with Crippen LogP contribution in [0.5, 0.6) is 5.75 Å². The van der Waals surface area contributed by atoms with Crippen LogP contribution in [0.1, 0.15) is 36.3 Å². The Hall–Kier alpha value is -3.37. The predicted octanol–water partition coefficient (Wildman–Crippen LogP) is 2.49. The molecule has 2 aliphatic heterocycles. The van der Waals surface area contributed by atoms with Gasteiger partial charge in [0.15, 0.2) is 0 Å². The predicted molar refractivity (Wildman–Crippen MR) is 126 cm³/mol. The Balaban J connectivity index is 1.27. The van der Waals surface area contributed by atoms with Crippen LogP contribution in [0.2, 0.25) is 0 Å². The number of amides is 2. The zero-order chi connectivity index (χ0) is 24.1. The van der Waals surface area contributed by atoms with E-state index in [1.807, 2.05) is 18.2 Å². The van der Waals surface area contributed by atoms with Crippen molar-refractivity contribution in [2.24, 2.45) is 16.8 Å². The second-order valence-electron chi connectivity index (χ2n) is 8.86. The van der Waals surface area contributed by atoms with Crippen molar-refractivity contribution in [3.63, 3.8) is 0 Å². The largest absolute Gasteiger partial charge is 0.489 e. The molecular formula is C24H31FN6O3. The van der Waals surface area contributed by atoms with E-state index < -0.39 is 0 Å². The number of nitrogens with zero attached hydrogens (tertiary/aromatic N) is 3. The van der Waals surface area contributed by atoms with Gasteiger partial charge in [-0.3, -0.25) is 10.3 Å².